The van der Waals surface area contributed by atoms with Gasteiger partial charge >= 0.3 is 0 Å². The fourth-order valence-electron chi connectivity index (χ4n) is 6.87. The maximum Gasteiger partial charge on any atom is 0.274 e. The van der Waals surface area contributed by atoms with Crippen LogP contribution in [0.15, 0.2) is 40.9 Å². The van der Waals surface area contributed by atoms with Crippen LogP contribution in [0.1, 0.15) is 101 Å². The number of allylic oxidation sites excluding steroid dienone is 2. The van der Waals surface area contributed by atoms with Crippen LogP contribution in [0.25, 0.3) is 11.0 Å². The van der Waals surface area contributed by atoms with Crippen molar-refractivity contribution in [1.29, 1.82) is 0 Å². The number of hydrogen-bond donors (Lipinski definition) is 3. The van der Waals surface area contributed by atoms with Gasteiger partial charge in [-0.3, -0.25) is 23.9 Å². The number of sulfonamides is 1. The van der Waals surface area contributed by atoms with Gasteiger partial charge in [0.05, 0.1) is 16.8 Å². The predicted molar refractivity (Wildman–Crippen MR) is 199 cm³/mol. The normalized spacial score (nSPS) is 25.5. The summed E-state index contributed by atoms with van der Waals surface area (Å²) in [6.45, 7) is 6.81. The highest BCUT2D eigenvalue weighted by molar-refractivity contribution is 7.91. The average molecular weight is 782 g/mol. The molecule has 3 aromatic rings. The van der Waals surface area contributed by atoms with E-state index in [9.17, 15) is 32.0 Å². The van der Waals surface area contributed by atoms with Crippen molar-refractivity contribution in [2.24, 2.45) is 5.92 Å². The third-order valence-corrected chi connectivity index (χ3v) is 12.7. The third kappa shape index (κ3) is 9.14. The molecular weight excluding hydrogens is 734 g/mol. The van der Waals surface area contributed by atoms with Crippen LogP contribution >= 0.6 is 0 Å². The van der Waals surface area contributed by atoms with Crippen LogP contribution in [-0.2, 0) is 30.8 Å². The summed E-state index contributed by atoms with van der Waals surface area (Å²) in [7, 11) is -4.02. The Bertz CT molecular complexity index is 2080. The smallest absolute Gasteiger partial charge is 0.274 e. The molecule has 55 heavy (non-hydrogen) atoms. The highest BCUT2D eigenvalue weighted by Gasteiger charge is 2.51. The average Bonchev–Trinajstić information content (AvgIpc) is 3.52. The molecule has 17 heteroatoms. The Morgan fingerprint density at radius 1 is 1.15 bits per heavy atom. The van der Waals surface area contributed by atoms with Gasteiger partial charge in [0.25, 0.3) is 11.8 Å². The van der Waals surface area contributed by atoms with Gasteiger partial charge in [0.1, 0.15) is 41.2 Å². The molecule has 1 aromatic carbocycles. The first-order valence-corrected chi connectivity index (χ1v) is 20.4. The number of carbonyl (C=O) groups is 4. The van der Waals surface area contributed by atoms with Crippen LogP contribution in [-0.4, -0.2) is 87.6 Å². The number of nitrogens with zero attached hydrogens (tertiary/aromatic N) is 4. The molecule has 0 radical (unpaired) electrons. The number of para-hydroxylation sites is 1. The summed E-state index contributed by atoms with van der Waals surface area (Å²) in [6.07, 6.45) is 7.58. The van der Waals surface area contributed by atoms with Crippen molar-refractivity contribution < 1.29 is 41.2 Å². The van der Waals surface area contributed by atoms with E-state index >= 15 is 0 Å². The summed E-state index contributed by atoms with van der Waals surface area (Å²) in [5.41, 5.74) is 0.698. The minimum Gasteiger partial charge on any atom is -0.471 e. The maximum absolute atomic E-state index is 14.7. The molecule has 1 unspecified atom stereocenters. The zero-order chi connectivity index (χ0) is 39.5. The van der Waals surface area contributed by atoms with Gasteiger partial charge in [-0.15, -0.1) is 0 Å². The lowest BCUT2D eigenvalue weighted by Crippen LogP contribution is -2.57. The highest BCUT2D eigenvalue weighted by Crippen LogP contribution is 2.42. The molecule has 2 aromatic heterocycles. The lowest BCUT2D eigenvalue weighted by atomic mass is 9.98. The second-order valence-corrected chi connectivity index (χ2v) is 17.2. The van der Waals surface area contributed by atoms with Crippen LogP contribution < -0.4 is 20.1 Å². The van der Waals surface area contributed by atoms with Gasteiger partial charge in [0.2, 0.25) is 27.7 Å². The number of benzene rings is 1. The predicted octanol–water partition coefficient (Wildman–Crippen LogP) is 3.80. The van der Waals surface area contributed by atoms with Crippen molar-refractivity contribution in [2.75, 3.05) is 6.54 Å². The van der Waals surface area contributed by atoms with E-state index in [4.69, 9.17) is 9.26 Å². The largest absolute Gasteiger partial charge is 0.471 e. The van der Waals surface area contributed by atoms with E-state index in [0.717, 1.165) is 19.3 Å². The van der Waals surface area contributed by atoms with Gasteiger partial charge in [-0.05, 0) is 70.4 Å². The minimum atomic E-state index is -4.02. The van der Waals surface area contributed by atoms with E-state index < -0.39 is 68.4 Å². The third-order valence-electron chi connectivity index (χ3n) is 10.6. The first-order chi connectivity index (χ1) is 26.2. The van der Waals surface area contributed by atoms with E-state index in [-0.39, 0.29) is 48.8 Å². The molecule has 2 fully saturated rings. The number of nitrogens with one attached hydrogen (secondary N) is 3. The number of halogens is 1. The summed E-state index contributed by atoms with van der Waals surface area (Å²) < 4.78 is 53.4. The van der Waals surface area contributed by atoms with Crippen LogP contribution in [0.3, 0.4) is 0 Å². The molecule has 1 aliphatic carbocycles. The highest BCUT2D eigenvalue weighted by atomic mass is 32.2. The van der Waals surface area contributed by atoms with Gasteiger partial charge in [-0.25, -0.2) is 22.8 Å². The Morgan fingerprint density at radius 3 is 2.65 bits per heavy atom. The monoisotopic (exact) mass is 781 g/mol. The Balaban J connectivity index is 1.32. The number of ether oxygens (including phenoxy) is 1. The van der Waals surface area contributed by atoms with Gasteiger partial charge in [0, 0.05) is 18.9 Å². The molecule has 6 rings (SSSR count). The first-order valence-electron chi connectivity index (χ1n) is 18.9. The second-order valence-electron chi connectivity index (χ2n) is 15.0. The van der Waals surface area contributed by atoms with Crippen molar-refractivity contribution in [2.45, 2.75) is 121 Å². The van der Waals surface area contributed by atoms with Gasteiger partial charge in [-0.1, -0.05) is 50.1 Å². The Kier molecular flexibility index (Phi) is 11.9. The Morgan fingerprint density at radius 2 is 1.93 bits per heavy atom. The van der Waals surface area contributed by atoms with E-state index in [1.54, 1.807) is 19.9 Å². The summed E-state index contributed by atoms with van der Waals surface area (Å²) in [5, 5.41) is 9.39. The van der Waals surface area contributed by atoms with Gasteiger partial charge < -0.3 is 24.8 Å². The molecule has 4 amide bonds. The molecule has 3 aliphatic rings. The topological polar surface area (TPSA) is 203 Å². The lowest BCUT2D eigenvalue weighted by molar-refractivity contribution is -0.141. The lowest BCUT2D eigenvalue weighted by Gasteiger charge is -2.30. The van der Waals surface area contributed by atoms with Crippen molar-refractivity contribution in [1.82, 2.24) is 35.4 Å². The molecule has 2 aliphatic heterocycles. The van der Waals surface area contributed by atoms with Crippen LogP contribution in [0, 0.1) is 18.7 Å². The molecule has 0 spiro atoms. The van der Waals surface area contributed by atoms with Crippen molar-refractivity contribution >= 4 is 44.7 Å². The summed E-state index contributed by atoms with van der Waals surface area (Å²) in [6, 6.07) is 2.37. The zero-order valence-corrected chi connectivity index (χ0v) is 32.3. The first kappa shape index (κ1) is 39.8. The number of aryl methyl sites for hydroxylation is 2. The molecule has 1 saturated carbocycles. The number of amides is 4. The van der Waals surface area contributed by atoms with E-state index in [2.05, 4.69) is 30.5 Å². The van der Waals surface area contributed by atoms with Crippen LogP contribution in [0.2, 0.25) is 0 Å². The summed E-state index contributed by atoms with van der Waals surface area (Å²) in [5.74, 6) is -3.04. The van der Waals surface area contributed by atoms with E-state index in [0.29, 0.717) is 42.7 Å². The number of rotatable bonds is 8. The molecule has 15 nitrogen and oxygen atoms in total. The molecule has 1 saturated heterocycles. The van der Waals surface area contributed by atoms with Crippen molar-refractivity contribution in [3.8, 4) is 5.88 Å². The van der Waals surface area contributed by atoms with Gasteiger partial charge in [-0.2, -0.15) is 0 Å². The minimum absolute atomic E-state index is 0.00502. The summed E-state index contributed by atoms with van der Waals surface area (Å²) in [4.78, 5) is 66.0. The second kappa shape index (κ2) is 16.4. The van der Waals surface area contributed by atoms with Crippen molar-refractivity contribution in [3.63, 3.8) is 0 Å². The Hall–Kier alpha value is -4.93. The number of aromatic nitrogens is 3. The fourth-order valence-corrected chi connectivity index (χ4v) is 8.17. The molecule has 4 heterocycles. The Labute approximate surface area is 319 Å². The maximum atomic E-state index is 14.7. The SMILES string of the molecule is CCc1cc(C(=O)N[C@H]2CCCCC/C=C\[C@@H](C)CC(C(=O)NS(=O)(=O)C3(C)CC3)NC(=O)[C@@H]3C[C@@H](Oc4nc5c(F)cccc5nc4C)CN3C2=O)no1. The van der Waals surface area contributed by atoms with E-state index in [1.807, 2.05) is 26.0 Å². The van der Waals surface area contributed by atoms with Crippen molar-refractivity contribution in [3.05, 3.63) is 59.4 Å². The summed E-state index contributed by atoms with van der Waals surface area (Å²) >= 11 is 0. The molecular formula is C38H48FN7O8S. The molecule has 5 atom stereocenters. The van der Waals surface area contributed by atoms with Crippen LogP contribution in [0.4, 0.5) is 4.39 Å². The number of hydrogen-bond acceptors (Lipinski definition) is 11. The quantitative estimate of drug-likeness (QED) is 0.281. The number of carbonyl (C=O) groups excluding carboxylic acids is 4. The molecule has 296 valence electrons. The fraction of sp³-hybridized carbons (Fsp3) is 0.553. The van der Waals surface area contributed by atoms with Gasteiger partial charge in [0.15, 0.2) is 11.5 Å². The molecule has 3 N–H and O–H groups in total. The number of fused-ring (bicyclic) bond motifs is 2. The standard InChI is InChI=1S/C38H48FN7O8S/c1-5-24-19-30(44-54-24)33(47)41-28-14-10-8-6-7-9-12-22(2)18-29(34(48)45-55(51,52)38(4)16-17-38)42-35(49)31-20-25(21-46(31)37(28)50)53-36-23(3)40-27-15-11-13-26(39)32(27)43-36/h9,11-13,15,19,22,25,28-29,31H,5-8,10,14,16-18,20-21H2,1-4H3,(H,41,47)(H,42,49)(H,45,48)/b12-9-/t22-,25-,28+,29?,31+/m1/s1. The van der Waals surface area contributed by atoms with E-state index in [1.165, 1.54) is 23.1 Å². The zero-order valence-electron chi connectivity index (χ0n) is 31.5. The molecule has 0 bridgehead atoms. The van der Waals surface area contributed by atoms with Crippen LogP contribution in [0.5, 0.6) is 5.88 Å².